The second-order valence-corrected chi connectivity index (χ2v) is 8.89. The van der Waals surface area contributed by atoms with Gasteiger partial charge < -0.3 is 19.2 Å². The van der Waals surface area contributed by atoms with E-state index in [4.69, 9.17) is 13.9 Å². The Labute approximate surface area is 194 Å². The van der Waals surface area contributed by atoms with E-state index in [0.717, 1.165) is 16.9 Å². The first-order chi connectivity index (χ1) is 16.1. The van der Waals surface area contributed by atoms with Gasteiger partial charge in [0.15, 0.2) is 22.5 Å². The standard InChI is InChI=1S/C24H22N4O4S/c1-15-19(10-11-30-15)22-26-27-24(28(22)13-17-6-4-3-5-7-17)33-16(2)23(29)25-18-8-9-20-21(12-18)32-14-31-20/h3-12,16H,13-14H2,1-2H3,(H,25,29)/t16-/m1/s1. The van der Waals surface area contributed by atoms with Gasteiger partial charge in [-0.25, -0.2) is 0 Å². The number of nitrogens with one attached hydrogen (secondary N) is 1. The maximum Gasteiger partial charge on any atom is 0.237 e. The molecule has 9 heteroatoms. The van der Waals surface area contributed by atoms with Gasteiger partial charge in [-0.3, -0.25) is 9.36 Å². The highest BCUT2D eigenvalue weighted by molar-refractivity contribution is 8.00. The van der Waals surface area contributed by atoms with Crippen LogP contribution in [0.2, 0.25) is 0 Å². The predicted octanol–water partition coefficient (Wildman–Crippen LogP) is 4.74. The van der Waals surface area contributed by atoms with E-state index in [-0.39, 0.29) is 12.7 Å². The number of rotatable bonds is 7. The quantitative estimate of drug-likeness (QED) is 0.397. The molecule has 0 radical (unpaired) electrons. The fourth-order valence-electron chi connectivity index (χ4n) is 3.53. The van der Waals surface area contributed by atoms with Gasteiger partial charge in [0.1, 0.15) is 5.76 Å². The number of anilines is 1. The number of aryl methyl sites for hydroxylation is 1. The number of hydrogen-bond donors (Lipinski definition) is 1. The van der Waals surface area contributed by atoms with E-state index < -0.39 is 5.25 Å². The molecular formula is C24H22N4O4S. The zero-order chi connectivity index (χ0) is 22.8. The van der Waals surface area contributed by atoms with Crippen LogP contribution in [0.5, 0.6) is 11.5 Å². The Bertz CT molecular complexity index is 1280. The van der Waals surface area contributed by atoms with Crippen LogP contribution < -0.4 is 14.8 Å². The zero-order valence-electron chi connectivity index (χ0n) is 18.1. The van der Waals surface area contributed by atoms with Crippen LogP contribution in [0.4, 0.5) is 5.69 Å². The van der Waals surface area contributed by atoms with Gasteiger partial charge in [-0.2, -0.15) is 0 Å². The first-order valence-electron chi connectivity index (χ1n) is 10.5. The molecule has 0 fully saturated rings. The van der Waals surface area contributed by atoms with Crippen molar-refractivity contribution < 1.29 is 18.7 Å². The number of fused-ring (bicyclic) bond motifs is 1. The smallest absolute Gasteiger partial charge is 0.237 e. The monoisotopic (exact) mass is 462 g/mol. The first kappa shape index (κ1) is 21.1. The van der Waals surface area contributed by atoms with Gasteiger partial charge in [-0.15, -0.1) is 10.2 Å². The summed E-state index contributed by atoms with van der Waals surface area (Å²) in [5.74, 6) is 2.62. The number of benzene rings is 2. The van der Waals surface area contributed by atoms with Gasteiger partial charge >= 0.3 is 0 Å². The summed E-state index contributed by atoms with van der Waals surface area (Å²) in [7, 11) is 0. The van der Waals surface area contributed by atoms with Crippen molar-refractivity contribution in [1.29, 1.82) is 0 Å². The van der Waals surface area contributed by atoms with Gasteiger partial charge in [0.25, 0.3) is 0 Å². The van der Waals surface area contributed by atoms with E-state index in [1.807, 2.05) is 42.7 Å². The van der Waals surface area contributed by atoms with E-state index >= 15 is 0 Å². The largest absolute Gasteiger partial charge is 0.469 e. The lowest BCUT2D eigenvalue weighted by molar-refractivity contribution is -0.115. The van der Waals surface area contributed by atoms with E-state index in [1.54, 1.807) is 24.5 Å². The van der Waals surface area contributed by atoms with Crippen molar-refractivity contribution in [3.05, 3.63) is 72.2 Å². The number of thioether (sulfide) groups is 1. The summed E-state index contributed by atoms with van der Waals surface area (Å²) in [5, 5.41) is 12.0. The van der Waals surface area contributed by atoms with Crippen LogP contribution in [0.25, 0.3) is 11.4 Å². The SMILES string of the molecule is Cc1occc1-c1nnc(S[C@H](C)C(=O)Nc2ccc3c(c2)OCO3)n1Cc1ccccc1. The second kappa shape index (κ2) is 9.03. The molecule has 2 aromatic carbocycles. The molecule has 0 saturated heterocycles. The lowest BCUT2D eigenvalue weighted by Crippen LogP contribution is -2.23. The molecule has 0 bridgehead atoms. The number of amides is 1. The third kappa shape index (κ3) is 4.45. The highest BCUT2D eigenvalue weighted by atomic mass is 32.2. The molecular weight excluding hydrogens is 440 g/mol. The van der Waals surface area contributed by atoms with Gasteiger partial charge in [-0.05, 0) is 37.6 Å². The molecule has 0 unspecified atom stereocenters. The molecule has 1 atom stereocenters. The summed E-state index contributed by atoms with van der Waals surface area (Å²) in [4.78, 5) is 12.9. The summed E-state index contributed by atoms with van der Waals surface area (Å²) in [6.07, 6.45) is 1.64. The van der Waals surface area contributed by atoms with Crippen LogP contribution in [0.15, 0.2) is 70.4 Å². The average Bonchev–Trinajstić information content (AvgIpc) is 3.55. The fraction of sp³-hybridized carbons (Fsp3) is 0.208. The highest BCUT2D eigenvalue weighted by Gasteiger charge is 2.23. The third-order valence-electron chi connectivity index (χ3n) is 5.29. The minimum atomic E-state index is -0.410. The molecule has 0 spiro atoms. The predicted molar refractivity (Wildman–Crippen MR) is 125 cm³/mol. The molecule has 8 nitrogen and oxygen atoms in total. The van der Waals surface area contributed by atoms with Crippen LogP contribution in [0.1, 0.15) is 18.2 Å². The van der Waals surface area contributed by atoms with Crippen LogP contribution in [-0.2, 0) is 11.3 Å². The Balaban J connectivity index is 1.37. The number of carbonyl (C=O) groups is 1. The Morgan fingerprint density at radius 3 is 2.73 bits per heavy atom. The van der Waals surface area contributed by atoms with Crippen LogP contribution in [0, 0.1) is 6.92 Å². The van der Waals surface area contributed by atoms with Crippen LogP contribution >= 0.6 is 11.8 Å². The lowest BCUT2D eigenvalue weighted by atomic mass is 10.2. The van der Waals surface area contributed by atoms with E-state index in [1.165, 1.54) is 11.8 Å². The van der Waals surface area contributed by atoms with Crippen LogP contribution in [-0.4, -0.2) is 32.7 Å². The normalized spacial score (nSPS) is 13.2. The fourth-order valence-corrected chi connectivity index (χ4v) is 4.38. The number of carbonyl (C=O) groups excluding carboxylic acids is 1. The molecule has 168 valence electrons. The average molecular weight is 463 g/mol. The molecule has 1 aliphatic rings. The van der Waals surface area contributed by atoms with E-state index in [0.29, 0.717) is 34.7 Å². The van der Waals surface area contributed by atoms with Crippen molar-refractivity contribution in [2.24, 2.45) is 0 Å². The molecule has 1 N–H and O–H groups in total. The molecule has 4 aromatic rings. The van der Waals surface area contributed by atoms with Gasteiger partial charge in [-0.1, -0.05) is 42.1 Å². The molecule has 1 amide bonds. The Morgan fingerprint density at radius 2 is 1.94 bits per heavy atom. The van der Waals surface area contributed by atoms with Gasteiger partial charge in [0, 0.05) is 11.8 Å². The van der Waals surface area contributed by atoms with Crippen LogP contribution in [0.3, 0.4) is 0 Å². The number of hydrogen-bond acceptors (Lipinski definition) is 7. The maximum absolute atomic E-state index is 12.9. The number of ether oxygens (including phenoxy) is 2. The molecule has 5 rings (SSSR count). The maximum atomic E-state index is 12.9. The highest BCUT2D eigenvalue weighted by Crippen LogP contribution is 2.35. The van der Waals surface area contributed by atoms with Crippen molar-refractivity contribution in [3.8, 4) is 22.9 Å². The van der Waals surface area contributed by atoms with Crippen molar-refractivity contribution in [1.82, 2.24) is 14.8 Å². The first-order valence-corrected chi connectivity index (χ1v) is 11.3. The number of furan rings is 1. The molecule has 0 aliphatic carbocycles. The summed E-state index contributed by atoms with van der Waals surface area (Å²) >= 11 is 1.36. The minimum absolute atomic E-state index is 0.144. The third-order valence-corrected chi connectivity index (χ3v) is 6.37. The Hall–Kier alpha value is -3.72. The van der Waals surface area contributed by atoms with Gasteiger partial charge in [0.2, 0.25) is 12.7 Å². The summed E-state index contributed by atoms with van der Waals surface area (Å²) in [5.41, 5.74) is 2.64. The van der Waals surface area contributed by atoms with Crippen molar-refractivity contribution in [2.75, 3.05) is 12.1 Å². The zero-order valence-corrected chi connectivity index (χ0v) is 19.0. The molecule has 3 heterocycles. The van der Waals surface area contributed by atoms with E-state index in [9.17, 15) is 4.79 Å². The summed E-state index contributed by atoms with van der Waals surface area (Å²) < 4.78 is 18.2. The molecule has 33 heavy (non-hydrogen) atoms. The molecule has 2 aromatic heterocycles. The number of aromatic nitrogens is 3. The molecule has 1 aliphatic heterocycles. The van der Waals surface area contributed by atoms with Gasteiger partial charge in [0.05, 0.1) is 23.6 Å². The molecule has 0 saturated carbocycles. The number of nitrogens with zero attached hydrogens (tertiary/aromatic N) is 3. The van der Waals surface area contributed by atoms with Crippen molar-refractivity contribution in [2.45, 2.75) is 30.8 Å². The topological polar surface area (TPSA) is 91.4 Å². The summed E-state index contributed by atoms with van der Waals surface area (Å²) in [6.45, 7) is 4.50. The Morgan fingerprint density at radius 1 is 1.12 bits per heavy atom. The lowest BCUT2D eigenvalue weighted by Gasteiger charge is -2.14. The second-order valence-electron chi connectivity index (χ2n) is 7.59. The summed E-state index contributed by atoms with van der Waals surface area (Å²) in [6, 6.07) is 17.3. The van der Waals surface area contributed by atoms with Crippen molar-refractivity contribution >= 4 is 23.4 Å². The Kier molecular flexibility index (Phi) is 5.78. The minimum Gasteiger partial charge on any atom is -0.469 e. The van der Waals surface area contributed by atoms with Crippen molar-refractivity contribution in [3.63, 3.8) is 0 Å². The van der Waals surface area contributed by atoms with E-state index in [2.05, 4.69) is 27.6 Å².